The molecule has 2 aromatic heterocycles. The lowest BCUT2D eigenvalue weighted by atomic mass is 9.80. The summed E-state index contributed by atoms with van der Waals surface area (Å²) in [7, 11) is -3.30. The number of rotatable bonds is 4. The van der Waals surface area contributed by atoms with Gasteiger partial charge in [0.2, 0.25) is 15.9 Å². The van der Waals surface area contributed by atoms with E-state index in [4.69, 9.17) is 4.52 Å². The summed E-state index contributed by atoms with van der Waals surface area (Å²) in [5.41, 5.74) is -0.544. The highest BCUT2D eigenvalue weighted by Crippen LogP contribution is 2.50. The van der Waals surface area contributed by atoms with Crippen molar-refractivity contribution < 1.29 is 17.7 Å². The fourth-order valence-electron chi connectivity index (χ4n) is 4.18. The number of carbonyl (C=O) groups excluding carboxylic acids is 1. The molecular weight excluding hydrogens is 376 g/mol. The summed E-state index contributed by atoms with van der Waals surface area (Å²) in [6, 6.07) is 3.58. The van der Waals surface area contributed by atoms with Gasteiger partial charge in [0.1, 0.15) is 0 Å². The van der Waals surface area contributed by atoms with Crippen molar-refractivity contribution in [1.29, 1.82) is 0 Å². The van der Waals surface area contributed by atoms with Crippen LogP contribution in [0.3, 0.4) is 0 Å². The number of thiophene rings is 1. The van der Waals surface area contributed by atoms with E-state index in [1.165, 1.54) is 21.9 Å². The lowest BCUT2D eigenvalue weighted by Crippen LogP contribution is -2.39. The molecule has 1 N–H and O–H groups in total. The molecule has 1 aliphatic carbocycles. The molecule has 8 nitrogen and oxygen atoms in total. The van der Waals surface area contributed by atoms with Gasteiger partial charge in [0.25, 0.3) is 5.91 Å². The largest absolute Gasteiger partial charge is 0.349 e. The van der Waals surface area contributed by atoms with E-state index in [0.717, 1.165) is 0 Å². The summed E-state index contributed by atoms with van der Waals surface area (Å²) in [6.45, 7) is 2.46. The third kappa shape index (κ3) is 2.95. The minimum absolute atomic E-state index is 0.0331. The molecule has 2 aromatic rings. The Bertz CT molecular complexity index is 924. The Balaban J connectivity index is 1.60. The van der Waals surface area contributed by atoms with Gasteiger partial charge in [-0.3, -0.25) is 4.79 Å². The molecule has 0 bridgehead atoms. The fourth-order valence-corrected chi connectivity index (χ4v) is 5.72. The molecule has 0 aromatic carbocycles. The van der Waals surface area contributed by atoms with E-state index in [0.29, 0.717) is 42.5 Å². The first-order valence-corrected chi connectivity index (χ1v) is 11.1. The summed E-state index contributed by atoms with van der Waals surface area (Å²) < 4.78 is 31.0. The van der Waals surface area contributed by atoms with Crippen LogP contribution < -0.4 is 5.32 Å². The maximum atomic E-state index is 12.4. The van der Waals surface area contributed by atoms with Gasteiger partial charge in [-0.25, -0.2) is 12.7 Å². The molecule has 3 atom stereocenters. The Morgan fingerprint density at radius 3 is 2.92 bits per heavy atom. The first-order valence-electron chi connectivity index (χ1n) is 8.38. The third-order valence-electron chi connectivity index (χ3n) is 5.35. The highest BCUT2D eigenvalue weighted by atomic mass is 32.2. The van der Waals surface area contributed by atoms with Gasteiger partial charge < -0.3 is 9.84 Å². The zero-order chi connectivity index (χ0) is 18.5. The van der Waals surface area contributed by atoms with Crippen LogP contribution in [0.1, 0.15) is 34.2 Å². The zero-order valence-corrected chi connectivity index (χ0v) is 16.1. The number of hydrogen-bond donors (Lipinski definition) is 1. The number of amides is 1. The molecule has 3 heterocycles. The second-order valence-electron chi connectivity index (χ2n) is 7.14. The Kier molecular flexibility index (Phi) is 4.16. The van der Waals surface area contributed by atoms with Crippen LogP contribution in [0.2, 0.25) is 0 Å². The van der Waals surface area contributed by atoms with E-state index in [1.807, 2.05) is 11.4 Å². The molecule has 1 amide bonds. The molecule has 1 unspecified atom stereocenters. The summed E-state index contributed by atoms with van der Waals surface area (Å²) in [4.78, 5) is 17.5. The Morgan fingerprint density at radius 1 is 1.50 bits per heavy atom. The van der Waals surface area contributed by atoms with Gasteiger partial charge in [0.15, 0.2) is 5.82 Å². The maximum absolute atomic E-state index is 12.4. The van der Waals surface area contributed by atoms with E-state index in [9.17, 15) is 13.2 Å². The van der Waals surface area contributed by atoms with Crippen LogP contribution in [0.25, 0.3) is 0 Å². The van der Waals surface area contributed by atoms with Gasteiger partial charge >= 0.3 is 0 Å². The van der Waals surface area contributed by atoms with E-state index < -0.39 is 15.4 Å². The van der Waals surface area contributed by atoms with Crippen LogP contribution in [-0.2, 0) is 15.4 Å². The third-order valence-corrected chi connectivity index (χ3v) is 7.43. The van der Waals surface area contributed by atoms with E-state index in [-0.39, 0.29) is 17.9 Å². The summed E-state index contributed by atoms with van der Waals surface area (Å²) >= 11 is 1.40. The van der Waals surface area contributed by atoms with Crippen molar-refractivity contribution in [3.63, 3.8) is 0 Å². The van der Waals surface area contributed by atoms with Gasteiger partial charge in [0.05, 0.1) is 16.5 Å². The van der Waals surface area contributed by atoms with Crippen molar-refractivity contribution in [2.24, 2.45) is 5.92 Å². The second-order valence-corrected chi connectivity index (χ2v) is 10.1. The van der Waals surface area contributed by atoms with Gasteiger partial charge in [-0.2, -0.15) is 4.98 Å². The van der Waals surface area contributed by atoms with Crippen LogP contribution in [0.5, 0.6) is 0 Å². The number of hydrogen-bond acceptors (Lipinski definition) is 7. The van der Waals surface area contributed by atoms with Gasteiger partial charge in [-0.1, -0.05) is 11.2 Å². The first kappa shape index (κ1) is 17.6. The molecule has 1 saturated heterocycles. The highest BCUT2D eigenvalue weighted by Gasteiger charge is 2.59. The van der Waals surface area contributed by atoms with E-state index in [1.54, 1.807) is 13.0 Å². The van der Waals surface area contributed by atoms with Crippen molar-refractivity contribution in [1.82, 2.24) is 19.8 Å². The number of fused-ring (bicyclic) bond motifs is 1. The summed E-state index contributed by atoms with van der Waals surface area (Å²) in [6.07, 6.45) is 2.49. The van der Waals surface area contributed by atoms with Crippen molar-refractivity contribution in [2.45, 2.75) is 31.2 Å². The van der Waals surface area contributed by atoms with Crippen molar-refractivity contribution in [3.8, 4) is 0 Å². The van der Waals surface area contributed by atoms with Crippen LogP contribution >= 0.6 is 11.3 Å². The Hall–Kier alpha value is -1.78. The standard InChI is InChI=1S/C16H20N4O4S2/c1-10-17-15(24-19-10)16-7-12(18-14(21)13-4-3-5-25-13)6-11(16)8-20(9-16)26(2,22)23/h3-5,11-12H,6-9H2,1-2H3,(H,18,21)/t11?,12-,16+/m1/s1. The van der Waals surface area contributed by atoms with Crippen LogP contribution in [0.4, 0.5) is 0 Å². The Labute approximate surface area is 155 Å². The molecule has 1 aliphatic heterocycles. The molecular formula is C16H20N4O4S2. The molecule has 2 fully saturated rings. The van der Waals surface area contributed by atoms with Crippen LogP contribution in [0, 0.1) is 12.8 Å². The zero-order valence-electron chi connectivity index (χ0n) is 14.5. The minimum Gasteiger partial charge on any atom is -0.349 e. The lowest BCUT2D eigenvalue weighted by Gasteiger charge is -2.24. The predicted octanol–water partition coefficient (Wildman–Crippen LogP) is 1.16. The quantitative estimate of drug-likeness (QED) is 0.831. The first-order chi connectivity index (χ1) is 12.3. The predicted molar refractivity (Wildman–Crippen MR) is 95.4 cm³/mol. The number of aryl methyl sites for hydroxylation is 1. The topological polar surface area (TPSA) is 105 Å². The molecule has 0 spiro atoms. The van der Waals surface area contributed by atoms with E-state index in [2.05, 4.69) is 15.5 Å². The second kappa shape index (κ2) is 6.14. The number of aromatic nitrogens is 2. The number of nitrogens with one attached hydrogen (secondary N) is 1. The van der Waals surface area contributed by atoms with E-state index >= 15 is 0 Å². The number of carbonyl (C=O) groups is 1. The molecule has 0 radical (unpaired) electrons. The number of sulfonamides is 1. The lowest BCUT2D eigenvalue weighted by molar-refractivity contribution is 0.0939. The normalized spacial score (nSPS) is 29.0. The molecule has 1 saturated carbocycles. The van der Waals surface area contributed by atoms with Crippen molar-refractivity contribution >= 4 is 27.3 Å². The maximum Gasteiger partial charge on any atom is 0.261 e. The summed E-state index contributed by atoms with van der Waals surface area (Å²) in [5, 5.41) is 8.83. The van der Waals surface area contributed by atoms with Gasteiger partial charge in [-0.05, 0) is 37.1 Å². The average Bonchev–Trinajstić information content (AvgIpc) is 3.28. The molecule has 26 heavy (non-hydrogen) atoms. The minimum atomic E-state index is -3.30. The smallest absolute Gasteiger partial charge is 0.261 e. The van der Waals surface area contributed by atoms with Crippen LogP contribution in [-0.4, -0.2) is 54.2 Å². The summed E-state index contributed by atoms with van der Waals surface area (Å²) in [5.74, 6) is 0.934. The number of nitrogens with zero attached hydrogens (tertiary/aromatic N) is 3. The van der Waals surface area contributed by atoms with Gasteiger partial charge in [-0.15, -0.1) is 11.3 Å². The molecule has 140 valence electrons. The molecule has 2 aliphatic rings. The highest BCUT2D eigenvalue weighted by molar-refractivity contribution is 7.88. The van der Waals surface area contributed by atoms with Crippen molar-refractivity contribution in [3.05, 3.63) is 34.1 Å². The molecule has 4 rings (SSSR count). The van der Waals surface area contributed by atoms with Crippen LogP contribution in [0.15, 0.2) is 22.0 Å². The fraction of sp³-hybridized carbons (Fsp3) is 0.562. The SMILES string of the molecule is Cc1noc([C@]23C[C@H](NC(=O)c4cccs4)CC2CN(S(C)(=O)=O)C3)n1. The average molecular weight is 396 g/mol. The molecule has 10 heteroatoms. The monoisotopic (exact) mass is 396 g/mol. The Morgan fingerprint density at radius 2 is 2.31 bits per heavy atom. The van der Waals surface area contributed by atoms with Gasteiger partial charge in [0, 0.05) is 19.1 Å². The van der Waals surface area contributed by atoms with Crippen molar-refractivity contribution in [2.75, 3.05) is 19.3 Å².